The highest BCUT2D eigenvalue weighted by Crippen LogP contribution is 2.07. The molecule has 0 fully saturated rings. The Bertz CT molecular complexity index is 304. The Hall–Kier alpha value is -1.10. The Balaban J connectivity index is 2.64. The standard InChI is InChI=1S/C7H8FNO2S/c8-7(12(10)11)9-6-4-2-1-3-5-6/h1-5,7,9,12H. The van der Waals surface area contributed by atoms with E-state index >= 15 is 0 Å². The third-order valence-electron chi connectivity index (χ3n) is 1.24. The van der Waals surface area contributed by atoms with Crippen LogP contribution in [0.15, 0.2) is 30.3 Å². The Labute approximate surface area is 71.2 Å². The van der Waals surface area contributed by atoms with Crippen LogP contribution in [0.25, 0.3) is 0 Å². The third kappa shape index (κ3) is 2.50. The van der Waals surface area contributed by atoms with Gasteiger partial charge in [-0.25, -0.2) is 12.8 Å². The molecule has 0 saturated carbocycles. The van der Waals surface area contributed by atoms with Crippen LogP contribution in [0.2, 0.25) is 0 Å². The fourth-order valence-electron chi connectivity index (χ4n) is 0.725. The highest BCUT2D eigenvalue weighted by molar-refractivity contribution is 7.73. The van der Waals surface area contributed by atoms with Crippen molar-refractivity contribution < 1.29 is 12.8 Å². The van der Waals surface area contributed by atoms with Crippen molar-refractivity contribution in [2.24, 2.45) is 0 Å². The molecule has 1 atom stereocenters. The van der Waals surface area contributed by atoms with Gasteiger partial charge in [-0.3, -0.25) is 0 Å². The first-order valence-electron chi connectivity index (χ1n) is 3.29. The van der Waals surface area contributed by atoms with Crippen LogP contribution in [-0.2, 0) is 10.7 Å². The summed E-state index contributed by atoms with van der Waals surface area (Å²) in [4.78, 5) is 0. The Kier molecular flexibility index (Phi) is 3.04. The summed E-state index contributed by atoms with van der Waals surface area (Å²) in [5.41, 5.74) is -1.56. The van der Waals surface area contributed by atoms with Crippen LogP contribution in [0.4, 0.5) is 10.1 Å². The maximum Gasteiger partial charge on any atom is 0.269 e. The summed E-state index contributed by atoms with van der Waals surface area (Å²) in [6.07, 6.45) is 0. The van der Waals surface area contributed by atoms with Crippen molar-refractivity contribution in [1.29, 1.82) is 0 Å². The summed E-state index contributed by atoms with van der Waals surface area (Å²) in [6.45, 7) is 0. The van der Waals surface area contributed by atoms with E-state index in [2.05, 4.69) is 5.32 Å². The fraction of sp³-hybridized carbons (Fsp3) is 0.143. The molecular formula is C7H8FNO2S. The van der Waals surface area contributed by atoms with Crippen molar-refractivity contribution in [2.45, 2.75) is 5.63 Å². The van der Waals surface area contributed by atoms with E-state index in [0.717, 1.165) is 0 Å². The Morgan fingerprint density at radius 3 is 2.33 bits per heavy atom. The maximum atomic E-state index is 12.5. The molecule has 0 aliphatic rings. The first kappa shape index (κ1) is 8.99. The number of hydrogen-bond donors (Lipinski definition) is 2. The minimum Gasteiger partial charge on any atom is -0.344 e. The summed E-state index contributed by atoms with van der Waals surface area (Å²) in [7, 11) is -3.06. The predicted octanol–water partition coefficient (Wildman–Crippen LogP) is 0.963. The molecule has 0 saturated heterocycles. The molecule has 0 aromatic heterocycles. The molecule has 1 aromatic rings. The molecule has 0 aliphatic carbocycles. The first-order chi connectivity index (χ1) is 5.70. The quantitative estimate of drug-likeness (QED) is 0.550. The Morgan fingerprint density at radius 1 is 1.25 bits per heavy atom. The lowest BCUT2D eigenvalue weighted by molar-refractivity contribution is 0.463. The SMILES string of the molecule is O=[SH](=O)C(F)Nc1ccccc1. The molecule has 5 heteroatoms. The van der Waals surface area contributed by atoms with Gasteiger partial charge < -0.3 is 5.32 Å². The average Bonchev–Trinajstić information content (AvgIpc) is 2.06. The number of alkyl halides is 1. The van der Waals surface area contributed by atoms with Gasteiger partial charge >= 0.3 is 0 Å². The van der Waals surface area contributed by atoms with Crippen molar-refractivity contribution in [3.63, 3.8) is 0 Å². The molecule has 1 N–H and O–H groups in total. The van der Waals surface area contributed by atoms with Crippen LogP contribution < -0.4 is 5.32 Å². The van der Waals surface area contributed by atoms with Crippen LogP contribution in [0, 0.1) is 0 Å². The normalized spacial score (nSPS) is 12.8. The molecular weight excluding hydrogens is 181 g/mol. The van der Waals surface area contributed by atoms with Gasteiger partial charge in [-0.1, -0.05) is 18.2 Å². The molecule has 1 unspecified atom stereocenters. The monoisotopic (exact) mass is 189 g/mol. The highest BCUT2D eigenvalue weighted by Gasteiger charge is 2.06. The smallest absolute Gasteiger partial charge is 0.269 e. The molecule has 1 aromatic carbocycles. The van der Waals surface area contributed by atoms with Crippen molar-refractivity contribution in [2.75, 3.05) is 5.32 Å². The van der Waals surface area contributed by atoms with Gasteiger partial charge in [0.2, 0.25) is 0 Å². The van der Waals surface area contributed by atoms with E-state index in [1.807, 2.05) is 0 Å². The van der Waals surface area contributed by atoms with E-state index < -0.39 is 16.3 Å². The minimum absolute atomic E-state index is 0.448. The van der Waals surface area contributed by atoms with E-state index in [1.165, 1.54) is 0 Å². The van der Waals surface area contributed by atoms with Crippen LogP contribution in [0.1, 0.15) is 0 Å². The average molecular weight is 189 g/mol. The lowest BCUT2D eigenvalue weighted by Gasteiger charge is -2.04. The zero-order chi connectivity index (χ0) is 8.97. The number of hydrogen-bond acceptors (Lipinski definition) is 3. The minimum atomic E-state index is -3.06. The summed E-state index contributed by atoms with van der Waals surface area (Å²) in [5, 5.41) is 2.18. The lowest BCUT2D eigenvalue weighted by atomic mass is 10.3. The molecule has 66 valence electrons. The van der Waals surface area contributed by atoms with E-state index in [9.17, 15) is 12.8 Å². The molecule has 0 amide bonds. The van der Waals surface area contributed by atoms with Crippen molar-refractivity contribution in [3.8, 4) is 0 Å². The van der Waals surface area contributed by atoms with Gasteiger partial charge in [0, 0.05) is 5.69 Å². The largest absolute Gasteiger partial charge is 0.344 e. The van der Waals surface area contributed by atoms with Crippen LogP contribution in [0.5, 0.6) is 0 Å². The number of para-hydroxylation sites is 1. The molecule has 1 rings (SSSR count). The van der Waals surface area contributed by atoms with E-state index in [1.54, 1.807) is 30.3 Å². The van der Waals surface area contributed by atoms with Crippen molar-refractivity contribution in [1.82, 2.24) is 0 Å². The van der Waals surface area contributed by atoms with Gasteiger partial charge in [-0.15, -0.1) is 0 Å². The van der Waals surface area contributed by atoms with E-state index in [4.69, 9.17) is 0 Å². The number of benzene rings is 1. The van der Waals surface area contributed by atoms with E-state index in [-0.39, 0.29) is 0 Å². The summed E-state index contributed by atoms with van der Waals surface area (Å²) < 4.78 is 32.7. The topological polar surface area (TPSA) is 46.2 Å². The number of nitrogens with one attached hydrogen (secondary N) is 1. The van der Waals surface area contributed by atoms with Gasteiger partial charge in [0.1, 0.15) is 0 Å². The maximum absolute atomic E-state index is 12.5. The van der Waals surface area contributed by atoms with Gasteiger partial charge in [0.05, 0.1) is 0 Å². The molecule has 0 heterocycles. The summed E-state index contributed by atoms with van der Waals surface area (Å²) >= 11 is 0. The molecule has 0 aliphatic heterocycles. The number of rotatable bonds is 3. The van der Waals surface area contributed by atoms with Gasteiger partial charge in [0.15, 0.2) is 10.7 Å². The second-order valence-electron chi connectivity index (χ2n) is 2.13. The van der Waals surface area contributed by atoms with Crippen LogP contribution >= 0.6 is 0 Å². The zero-order valence-corrected chi connectivity index (χ0v) is 7.00. The second kappa shape index (κ2) is 4.06. The molecule has 0 bridgehead atoms. The summed E-state index contributed by atoms with van der Waals surface area (Å²) in [5.74, 6) is 0. The Morgan fingerprint density at radius 2 is 1.83 bits per heavy atom. The molecule has 12 heavy (non-hydrogen) atoms. The van der Waals surface area contributed by atoms with E-state index in [0.29, 0.717) is 5.69 Å². The van der Waals surface area contributed by atoms with Crippen molar-refractivity contribution >= 4 is 16.4 Å². The molecule has 0 spiro atoms. The highest BCUT2D eigenvalue weighted by atomic mass is 32.2. The predicted molar refractivity (Wildman–Crippen MR) is 45.3 cm³/mol. The van der Waals surface area contributed by atoms with Gasteiger partial charge in [-0.2, -0.15) is 0 Å². The molecule has 3 nitrogen and oxygen atoms in total. The second-order valence-corrected chi connectivity index (χ2v) is 3.16. The fourth-order valence-corrected chi connectivity index (χ4v) is 0.979. The number of anilines is 1. The summed E-state index contributed by atoms with van der Waals surface area (Å²) in [6, 6.07) is 8.31. The number of halogens is 1. The lowest BCUT2D eigenvalue weighted by Crippen LogP contribution is -2.14. The van der Waals surface area contributed by atoms with Gasteiger partial charge in [0.25, 0.3) is 5.63 Å². The third-order valence-corrected chi connectivity index (χ3v) is 1.74. The van der Waals surface area contributed by atoms with Crippen molar-refractivity contribution in [3.05, 3.63) is 30.3 Å². The number of thiol groups is 1. The molecule has 0 radical (unpaired) electrons. The zero-order valence-electron chi connectivity index (χ0n) is 6.11. The van der Waals surface area contributed by atoms with Crippen LogP contribution in [-0.4, -0.2) is 14.0 Å². The van der Waals surface area contributed by atoms with Gasteiger partial charge in [-0.05, 0) is 12.1 Å². The first-order valence-corrected chi connectivity index (χ1v) is 4.54. The van der Waals surface area contributed by atoms with Crippen LogP contribution in [0.3, 0.4) is 0 Å².